The van der Waals surface area contributed by atoms with Gasteiger partial charge in [-0.15, -0.1) is 12.4 Å². The fourth-order valence-electron chi connectivity index (χ4n) is 1.51. The number of amides is 1. The van der Waals surface area contributed by atoms with Crippen molar-refractivity contribution in [3.8, 4) is 11.5 Å². The topological polar surface area (TPSA) is 59.6 Å². The van der Waals surface area contributed by atoms with Crippen molar-refractivity contribution in [2.24, 2.45) is 0 Å². The van der Waals surface area contributed by atoms with E-state index in [4.69, 9.17) is 9.47 Å². The summed E-state index contributed by atoms with van der Waals surface area (Å²) < 4.78 is 10.4. The standard InChI is InChI=1S/C13H20N2O3.ClH/c1-9(14-2)8-15-13(16)10-6-5-7-11(17-3)12(10)18-4;/h5-7,9,14H,8H2,1-4H3,(H,15,16);1H. The molecule has 0 aliphatic rings. The van der Waals surface area contributed by atoms with Crippen LogP contribution in [0, 0.1) is 0 Å². The first-order valence-electron chi connectivity index (χ1n) is 5.80. The molecule has 0 spiro atoms. The Bertz CT molecular complexity index is 413. The van der Waals surface area contributed by atoms with Gasteiger partial charge in [-0.05, 0) is 26.1 Å². The Kier molecular flexibility index (Phi) is 7.95. The molecule has 0 aliphatic carbocycles. The number of methoxy groups -OCH3 is 2. The van der Waals surface area contributed by atoms with E-state index in [0.717, 1.165) is 0 Å². The lowest BCUT2D eigenvalue weighted by Gasteiger charge is -2.14. The van der Waals surface area contributed by atoms with Crippen LogP contribution in [0.2, 0.25) is 0 Å². The largest absolute Gasteiger partial charge is 0.493 e. The van der Waals surface area contributed by atoms with Crippen LogP contribution < -0.4 is 20.1 Å². The third-order valence-electron chi connectivity index (χ3n) is 2.71. The Morgan fingerprint density at radius 3 is 2.53 bits per heavy atom. The van der Waals surface area contributed by atoms with Gasteiger partial charge in [0.05, 0.1) is 19.8 Å². The highest BCUT2D eigenvalue weighted by atomic mass is 35.5. The SMILES string of the molecule is CNC(C)CNC(=O)c1cccc(OC)c1OC.Cl. The third kappa shape index (κ3) is 4.61. The van der Waals surface area contributed by atoms with Crippen LogP contribution in [0.15, 0.2) is 18.2 Å². The molecule has 1 unspecified atom stereocenters. The number of hydrogen-bond acceptors (Lipinski definition) is 4. The number of para-hydroxylation sites is 1. The summed E-state index contributed by atoms with van der Waals surface area (Å²) in [6.07, 6.45) is 0. The van der Waals surface area contributed by atoms with Crippen molar-refractivity contribution in [3.63, 3.8) is 0 Å². The number of nitrogens with one attached hydrogen (secondary N) is 2. The zero-order valence-electron chi connectivity index (χ0n) is 11.6. The van der Waals surface area contributed by atoms with E-state index in [1.807, 2.05) is 14.0 Å². The molecule has 0 saturated carbocycles. The summed E-state index contributed by atoms with van der Waals surface area (Å²) in [5, 5.41) is 5.89. The third-order valence-corrected chi connectivity index (χ3v) is 2.71. The average Bonchev–Trinajstić information content (AvgIpc) is 2.42. The van der Waals surface area contributed by atoms with Gasteiger partial charge in [0.1, 0.15) is 0 Å². The quantitative estimate of drug-likeness (QED) is 0.832. The Morgan fingerprint density at radius 1 is 1.32 bits per heavy atom. The van der Waals surface area contributed by atoms with E-state index in [0.29, 0.717) is 23.6 Å². The second kappa shape index (κ2) is 8.61. The fourth-order valence-corrected chi connectivity index (χ4v) is 1.51. The number of halogens is 1. The molecular weight excluding hydrogens is 268 g/mol. The van der Waals surface area contributed by atoms with Crippen molar-refractivity contribution in [1.29, 1.82) is 0 Å². The van der Waals surface area contributed by atoms with Crippen LogP contribution in [-0.4, -0.2) is 39.8 Å². The van der Waals surface area contributed by atoms with E-state index >= 15 is 0 Å². The van der Waals surface area contributed by atoms with E-state index in [-0.39, 0.29) is 24.4 Å². The number of carbonyl (C=O) groups excluding carboxylic acids is 1. The minimum Gasteiger partial charge on any atom is -0.493 e. The molecule has 1 amide bonds. The zero-order chi connectivity index (χ0) is 13.5. The first-order valence-corrected chi connectivity index (χ1v) is 5.80. The minimum atomic E-state index is -0.173. The summed E-state index contributed by atoms with van der Waals surface area (Å²) in [7, 11) is 4.91. The molecule has 5 nitrogen and oxygen atoms in total. The number of ether oxygens (including phenoxy) is 2. The van der Waals surface area contributed by atoms with E-state index in [1.165, 1.54) is 7.11 Å². The summed E-state index contributed by atoms with van der Waals surface area (Å²) in [4.78, 5) is 12.0. The van der Waals surface area contributed by atoms with E-state index in [1.54, 1.807) is 25.3 Å². The molecule has 0 fully saturated rings. The summed E-state index contributed by atoms with van der Waals surface area (Å²) in [5.41, 5.74) is 0.472. The number of carbonyl (C=O) groups is 1. The van der Waals surface area contributed by atoms with Gasteiger partial charge < -0.3 is 20.1 Å². The van der Waals surface area contributed by atoms with Gasteiger partial charge in [0.25, 0.3) is 5.91 Å². The molecule has 1 atom stereocenters. The molecule has 1 rings (SSSR count). The molecule has 0 bridgehead atoms. The monoisotopic (exact) mass is 288 g/mol. The molecule has 2 N–H and O–H groups in total. The zero-order valence-corrected chi connectivity index (χ0v) is 12.5. The molecule has 0 saturated heterocycles. The van der Waals surface area contributed by atoms with Gasteiger partial charge in [0.2, 0.25) is 0 Å². The molecule has 0 aliphatic heterocycles. The number of hydrogen-bond donors (Lipinski definition) is 2. The van der Waals surface area contributed by atoms with Crippen LogP contribution >= 0.6 is 12.4 Å². The van der Waals surface area contributed by atoms with Crippen LogP contribution in [0.3, 0.4) is 0 Å². The Morgan fingerprint density at radius 2 is 2.00 bits per heavy atom. The van der Waals surface area contributed by atoms with Crippen molar-refractivity contribution in [1.82, 2.24) is 10.6 Å². The molecule has 6 heteroatoms. The maximum absolute atomic E-state index is 12.0. The van der Waals surface area contributed by atoms with Gasteiger partial charge in [-0.2, -0.15) is 0 Å². The predicted molar refractivity (Wildman–Crippen MR) is 77.6 cm³/mol. The van der Waals surface area contributed by atoms with Gasteiger partial charge in [0.15, 0.2) is 11.5 Å². The van der Waals surface area contributed by atoms with Gasteiger partial charge in [-0.1, -0.05) is 6.07 Å². The van der Waals surface area contributed by atoms with Crippen LogP contribution in [-0.2, 0) is 0 Å². The van der Waals surface area contributed by atoms with Crippen LogP contribution in [0.4, 0.5) is 0 Å². The van der Waals surface area contributed by atoms with Crippen molar-refractivity contribution < 1.29 is 14.3 Å². The summed E-state index contributed by atoms with van der Waals surface area (Å²) in [6.45, 7) is 2.54. The summed E-state index contributed by atoms with van der Waals surface area (Å²) >= 11 is 0. The first-order chi connectivity index (χ1) is 8.63. The fraction of sp³-hybridized carbons (Fsp3) is 0.462. The van der Waals surface area contributed by atoms with E-state index in [9.17, 15) is 4.79 Å². The van der Waals surface area contributed by atoms with E-state index in [2.05, 4.69) is 10.6 Å². The molecule has 108 valence electrons. The predicted octanol–water partition coefficient (Wildman–Crippen LogP) is 1.46. The second-order valence-electron chi connectivity index (χ2n) is 3.94. The lowest BCUT2D eigenvalue weighted by Crippen LogP contribution is -2.37. The molecule has 0 heterocycles. The minimum absolute atomic E-state index is 0. The van der Waals surface area contributed by atoms with E-state index < -0.39 is 0 Å². The second-order valence-corrected chi connectivity index (χ2v) is 3.94. The van der Waals surface area contributed by atoms with Crippen molar-refractivity contribution >= 4 is 18.3 Å². The van der Waals surface area contributed by atoms with Crippen LogP contribution in [0.1, 0.15) is 17.3 Å². The molecule has 1 aromatic carbocycles. The highest BCUT2D eigenvalue weighted by molar-refractivity contribution is 5.97. The number of benzene rings is 1. The first kappa shape index (κ1) is 17.5. The molecule has 0 aromatic heterocycles. The van der Waals surface area contributed by atoms with Gasteiger partial charge in [-0.3, -0.25) is 4.79 Å². The molecule has 19 heavy (non-hydrogen) atoms. The molecule has 0 radical (unpaired) electrons. The smallest absolute Gasteiger partial charge is 0.255 e. The lowest BCUT2D eigenvalue weighted by molar-refractivity contribution is 0.0947. The Hall–Kier alpha value is -1.46. The normalized spacial score (nSPS) is 11.2. The van der Waals surface area contributed by atoms with Crippen molar-refractivity contribution in [2.75, 3.05) is 27.8 Å². The number of likely N-dealkylation sites (N-methyl/N-ethyl adjacent to an activating group) is 1. The highest BCUT2D eigenvalue weighted by Gasteiger charge is 2.16. The summed E-state index contributed by atoms with van der Waals surface area (Å²) in [6, 6.07) is 5.44. The maximum atomic E-state index is 12.0. The van der Waals surface area contributed by atoms with Crippen LogP contribution in [0.5, 0.6) is 11.5 Å². The van der Waals surface area contributed by atoms with Gasteiger partial charge in [-0.25, -0.2) is 0 Å². The average molecular weight is 289 g/mol. The lowest BCUT2D eigenvalue weighted by atomic mass is 10.1. The summed E-state index contributed by atoms with van der Waals surface area (Å²) in [5.74, 6) is 0.828. The molecule has 1 aromatic rings. The van der Waals surface area contributed by atoms with Crippen LogP contribution in [0.25, 0.3) is 0 Å². The Balaban J connectivity index is 0.00000324. The Labute approximate surface area is 120 Å². The highest BCUT2D eigenvalue weighted by Crippen LogP contribution is 2.30. The maximum Gasteiger partial charge on any atom is 0.255 e. The molecular formula is C13H21ClN2O3. The van der Waals surface area contributed by atoms with Gasteiger partial charge in [0, 0.05) is 12.6 Å². The number of rotatable bonds is 6. The van der Waals surface area contributed by atoms with Gasteiger partial charge >= 0.3 is 0 Å². The van der Waals surface area contributed by atoms with Crippen molar-refractivity contribution in [3.05, 3.63) is 23.8 Å². The van der Waals surface area contributed by atoms with Crippen molar-refractivity contribution in [2.45, 2.75) is 13.0 Å².